The fourth-order valence-electron chi connectivity index (χ4n) is 1.93. The Hall–Kier alpha value is -1.94. The van der Waals surface area contributed by atoms with E-state index in [9.17, 15) is 0 Å². The summed E-state index contributed by atoms with van der Waals surface area (Å²) in [5.41, 5.74) is 5.17. The molecule has 1 atom stereocenters. The maximum absolute atomic E-state index is 5.55. The summed E-state index contributed by atoms with van der Waals surface area (Å²) >= 11 is 0. The number of hydrogen-bond acceptors (Lipinski definition) is 3. The van der Waals surface area contributed by atoms with Crippen molar-refractivity contribution in [3.8, 4) is 11.5 Å². The number of quaternary nitrogens is 1. The van der Waals surface area contributed by atoms with E-state index in [0.29, 0.717) is 13.2 Å². The van der Waals surface area contributed by atoms with Gasteiger partial charge in [-0.1, -0.05) is 0 Å². The Morgan fingerprint density at radius 1 is 1.06 bits per heavy atom. The Morgan fingerprint density at radius 3 is 2.65 bits per heavy atom. The summed E-state index contributed by atoms with van der Waals surface area (Å²) in [7, 11) is 0. The third-order valence-corrected chi connectivity index (χ3v) is 2.86. The quantitative estimate of drug-likeness (QED) is 0.851. The van der Waals surface area contributed by atoms with Gasteiger partial charge in [0.2, 0.25) is 0 Å². The summed E-state index contributed by atoms with van der Waals surface area (Å²) < 4.78 is 16.4. The monoisotopic (exact) mass is 232 g/mol. The van der Waals surface area contributed by atoms with Crippen LogP contribution >= 0.6 is 0 Å². The van der Waals surface area contributed by atoms with E-state index < -0.39 is 0 Å². The lowest BCUT2D eigenvalue weighted by Crippen LogP contribution is -2.53. The van der Waals surface area contributed by atoms with Gasteiger partial charge in [0.15, 0.2) is 23.3 Å². The molecule has 0 aliphatic carbocycles. The molecule has 0 unspecified atom stereocenters. The van der Waals surface area contributed by atoms with Gasteiger partial charge in [0, 0.05) is 5.56 Å². The maximum Gasteiger partial charge on any atom is 0.169 e. The largest absolute Gasteiger partial charge is 0.486 e. The minimum atomic E-state index is -0.0270. The number of furan rings is 1. The first-order chi connectivity index (χ1) is 8.34. The summed E-state index contributed by atoms with van der Waals surface area (Å²) in [5, 5.41) is 0. The third kappa shape index (κ3) is 1.87. The Morgan fingerprint density at radius 2 is 1.88 bits per heavy atom. The lowest BCUT2D eigenvalue weighted by molar-refractivity contribution is -0.415. The fraction of sp³-hybridized carbons (Fsp3) is 0.231. The predicted octanol–water partition coefficient (Wildman–Crippen LogP) is 1.38. The van der Waals surface area contributed by atoms with Crippen molar-refractivity contribution >= 4 is 0 Å². The first-order valence-electron chi connectivity index (χ1n) is 5.60. The van der Waals surface area contributed by atoms with E-state index >= 15 is 0 Å². The van der Waals surface area contributed by atoms with Crippen molar-refractivity contribution in [1.82, 2.24) is 0 Å². The van der Waals surface area contributed by atoms with Crippen molar-refractivity contribution in [1.29, 1.82) is 0 Å². The van der Waals surface area contributed by atoms with Crippen molar-refractivity contribution in [2.75, 3.05) is 13.2 Å². The van der Waals surface area contributed by atoms with E-state index in [2.05, 4.69) is 5.73 Å². The molecule has 0 saturated carbocycles. The Kier molecular flexibility index (Phi) is 2.49. The number of ether oxygens (including phenoxy) is 2. The van der Waals surface area contributed by atoms with Crippen LogP contribution in [0.1, 0.15) is 17.4 Å². The van der Waals surface area contributed by atoms with E-state index in [-0.39, 0.29) is 6.04 Å². The summed E-state index contributed by atoms with van der Waals surface area (Å²) in [6, 6.07) is 9.65. The first-order valence-corrected chi connectivity index (χ1v) is 5.60. The highest BCUT2D eigenvalue weighted by atomic mass is 16.6. The first kappa shape index (κ1) is 10.2. The molecule has 88 valence electrons. The summed E-state index contributed by atoms with van der Waals surface area (Å²) in [4.78, 5) is 0. The number of fused-ring (bicyclic) bond motifs is 1. The van der Waals surface area contributed by atoms with Crippen LogP contribution in [0.2, 0.25) is 0 Å². The maximum atomic E-state index is 5.55. The van der Waals surface area contributed by atoms with Gasteiger partial charge in [0.25, 0.3) is 0 Å². The van der Waals surface area contributed by atoms with Crippen molar-refractivity contribution < 1.29 is 19.6 Å². The lowest BCUT2D eigenvalue weighted by Gasteiger charge is -2.19. The summed E-state index contributed by atoms with van der Waals surface area (Å²) in [6.07, 6.45) is 1.66. The lowest BCUT2D eigenvalue weighted by atomic mass is 10.0. The van der Waals surface area contributed by atoms with Gasteiger partial charge in [-0.2, -0.15) is 0 Å². The molecule has 1 aromatic carbocycles. The van der Waals surface area contributed by atoms with Gasteiger partial charge in [0.05, 0.1) is 6.26 Å². The van der Waals surface area contributed by atoms with E-state index in [0.717, 1.165) is 22.8 Å². The molecule has 1 aliphatic heterocycles. The SMILES string of the molecule is [NH3+][C@@H](c1ccc2c(c1)OCCO2)c1ccco1. The molecule has 0 saturated heterocycles. The molecule has 3 rings (SSSR count). The van der Waals surface area contributed by atoms with Gasteiger partial charge < -0.3 is 19.6 Å². The standard InChI is InChI=1S/C13H13NO3/c14-13(11-2-1-5-15-11)9-3-4-10-12(8-9)17-7-6-16-10/h1-5,8,13H,6-7,14H2/p+1/t13-/m0/s1. The fourth-order valence-corrected chi connectivity index (χ4v) is 1.93. The average molecular weight is 232 g/mol. The molecular formula is C13H14NO3+. The van der Waals surface area contributed by atoms with Crippen LogP contribution < -0.4 is 15.2 Å². The second-order valence-electron chi connectivity index (χ2n) is 3.97. The van der Waals surface area contributed by atoms with Crippen molar-refractivity contribution in [2.24, 2.45) is 0 Å². The second kappa shape index (κ2) is 4.14. The van der Waals surface area contributed by atoms with E-state index in [1.165, 1.54) is 0 Å². The van der Waals surface area contributed by atoms with Crippen LogP contribution in [0.15, 0.2) is 41.0 Å². The summed E-state index contributed by atoms with van der Waals surface area (Å²) in [6.45, 7) is 1.21. The van der Waals surface area contributed by atoms with Gasteiger partial charge in [-0.3, -0.25) is 0 Å². The molecule has 0 radical (unpaired) electrons. The predicted molar refractivity (Wildman–Crippen MR) is 60.9 cm³/mol. The topological polar surface area (TPSA) is 59.2 Å². The zero-order chi connectivity index (χ0) is 11.7. The molecule has 4 heteroatoms. The van der Waals surface area contributed by atoms with Crippen LogP contribution in [-0.4, -0.2) is 13.2 Å². The number of hydrogen-bond donors (Lipinski definition) is 1. The Balaban J connectivity index is 1.93. The van der Waals surface area contributed by atoms with E-state index in [1.807, 2.05) is 30.3 Å². The van der Waals surface area contributed by atoms with Gasteiger partial charge in [0.1, 0.15) is 13.2 Å². The molecule has 17 heavy (non-hydrogen) atoms. The van der Waals surface area contributed by atoms with Crippen LogP contribution in [0.4, 0.5) is 0 Å². The second-order valence-corrected chi connectivity index (χ2v) is 3.97. The zero-order valence-corrected chi connectivity index (χ0v) is 9.39. The molecular weight excluding hydrogens is 218 g/mol. The molecule has 1 aliphatic rings. The van der Waals surface area contributed by atoms with Crippen LogP contribution in [-0.2, 0) is 0 Å². The Bertz CT molecular complexity index is 507. The van der Waals surface area contributed by atoms with Crippen LogP contribution in [0.3, 0.4) is 0 Å². The molecule has 0 spiro atoms. The van der Waals surface area contributed by atoms with Gasteiger partial charge in [-0.15, -0.1) is 0 Å². The molecule has 0 amide bonds. The Labute approximate surface area is 98.9 Å². The van der Waals surface area contributed by atoms with Crippen molar-refractivity contribution in [3.05, 3.63) is 47.9 Å². The average Bonchev–Trinajstić information content (AvgIpc) is 2.91. The molecule has 2 heterocycles. The molecule has 2 aromatic rings. The van der Waals surface area contributed by atoms with Crippen molar-refractivity contribution in [3.63, 3.8) is 0 Å². The van der Waals surface area contributed by atoms with Gasteiger partial charge in [-0.05, 0) is 30.3 Å². The smallest absolute Gasteiger partial charge is 0.169 e. The molecule has 0 bridgehead atoms. The zero-order valence-electron chi connectivity index (χ0n) is 9.39. The molecule has 4 nitrogen and oxygen atoms in total. The van der Waals surface area contributed by atoms with Gasteiger partial charge in [-0.25, -0.2) is 0 Å². The molecule has 3 N–H and O–H groups in total. The highest BCUT2D eigenvalue weighted by Crippen LogP contribution is 2.33. The summed E-state index contributed by atoms with van der Waals surface area (Å²) in [5.74, 6) is 2.43. The molecule has 0 fully saturated rings. The third-order valence-electron chi connectivity index (χ3n) is 2.86. The van der Waals surface area contributed by atoms with Crippen LogP contribution in [0.5, 0.6) is 11.5 Å². The molecule has 1 aromatic heterocycles. The number of benzene rings is 1. The minimum Gasteiger partial charge on any atom is -0.486 e. The van der Waals surface area contributed by atoms with Crippen LogP contribution in [0.25, 0.3) is 0 Å². The minimum absolute atomic E-state index is 0.0270. The van der Waals surface area contributed by atoms with E-state index in [4.69, 9.17) is 13.9 Å². The normalized spacial score (nSPS) is 15.6. The van der Waals surface area contributed by atoms with E-state index in [1.54, 1.807) is 6.26 Å². The van der Waals surface area contributed by atoms with Crippen molar-refractivity contribution in [2.45, 2.75) is 6.04 Å². The highest BCUT2D eigenvalue weighted by molar-refractivity contribution is 5.45. The number of rotatable bonds is 2. The van der Waals surface area contributed by atoms with Crippen LogP contribution in [0, 0.1) is 0 Å². The van der Waals surface area contributed by atoms with Gasteiger partial charge >= 0.3 is 0 Å². The highest BCUT2D eigenvalue weighted by Gasteiger charge is 2.19.